The molecule has 0 spiro atoms. The largest absolute Gasteiger partial charge is 0.399 e. The second kappa shape index (κ2) is 5.87. The lowest BCUT2D eigenvalue weighted by atomic mass is 9.88. The summed E-state index contributed by atoms with van der Waals surface area (Å²) in [6.07, 6.45) is 3.46. The number of sulfonamides is 1. The van der Waals surface area contributed by atoms with Crippen LogP contribution in [0.5, 0.6) is 0 Å². The van der Waals surface area contributed by atoms with Crippen LogP contribution in [0, 0.1) is 11.7 Å². The summed E-state index contributed by atoms with van der Waals surface area (Å²) in [5.41, 5.74) is 5.65. The van der Waals surface area contributed by atoms with Crippen LogP contribution in [0.25, 0.3) is 0 Å². The van der Waals surface area contributed by atoms with Crippen molar-refractivity contribution in [3.8, 4) is 0 Å². The van der Waals surface area contributed by atoms with Crippen molar-refractivity contribution < 1.29 is 12.8 Å². The lowest BCUT2D eigenvalue weighted by molar-refractivity contribution is 0.332. The first-order chi connectivity index (χ1) is 9.29. The van der Waals surface area contributed by atoms with Crippen molar-refractivity contribution in [2.45, 2.75) is 43.5 Å². The molecule has 1 aromatic rings. The molecule has 20 heavy (non-hydrogen) atoms. The van der Waals surface area contributed by atoms with E-state index in [1.807, 2.05) is 0 Å². The molecule has 0 saturated heterocycles. The van der Waals surface area contributed by atoms with Crippen LogP contribution in [0.3, 0.4) is 0 Å². The Balaban J connectivity index is 2.23. The van der Waals surface area contributed by atoms with Crippen molar-refractivity contribution in [2.75, 3.05) is 5.73 Å². The molecule has 3 N–H and O–H groups in total. The molecule has 0 radical (unpaired) electrons. The summed E-state index contributed by atoms with van der Waals surface area (Å²) in [4.78, 5) is -0.485. The summed E-state index contributed by atoms with van der Waals surface area (Å²) in [5, 5.41) is -0.289. The van der Waals surface area contributed by atoms with E-state index in [0.717, 1.165) is 31.7 Å². The van der Waals surface area contributed by atoms with E-state index in [4.69, 9.17) is 17.3 Å². The van der Waals surface area contributed by atoms with Gasteiger partial charge < -0.3 is 5.73 Å². The zero-order chi connectivity index (χ0) is 14.9. The highest BCUT2D eigenvalue weighted by atomic mass is 35.5. The summed E-state index contributed by atoms with van der Waals surface area (Å²) < 4.78 is 40.9. The highest BCUT2D eigenvalue weighted by Crippen LogP contribution is 2.28. The van der Waals surface area contributed by atoms with Gasteiger partial charge in [0.05, 0.1) is 5.02 Å². The van der Waals surface area contributed by atoms with Gasteiger partial charge in [-0.15, -0.1) is 0 Å². The van der Waals surface area contributed by atoms with E-state index >= 15 is 0 Å². The van der Waals surface area contributed by atoms with Crippen molar-refractivity contribution >= 4 is 27.3 Å². The summed E-state index contributed by atoms with van der Waals surface area (Å²) >= 11 is 5.64. The Kier molecular flexibility index (Phi) is 4.56. The third-order valence-electron chi connectivity index (χ3n) is 3.64. The average molecular weight is 321 g/mol. The molecule has 0 amide bonds. The minimum atomic E-state index is -3.94. The standard InChI is InChI=1S/C13H18ClFN2O2S/c1-8-2-4-10(5-3-8)17-20(18,19)12-7-9(16)6-11(14)13(12)15/h6-8,10,17H,2-5,16H2,1H3. The number of nitrogens with two attached hydrogens (primary N) is 1. The van der Waals surface area contributed by atoms with E-state index in [2.05, 4.69) is 11.6 Å². The number of anilines is 1. The Bertz CT molecular complexity index is 599. The lowest BCUT2D eigenvalue weighted by Gasteiger charge is -2.26. The number of hydrogen-bond donors (Lipinski definition) is 2. The summed E-state index contributed by atoms with van der Waals surface area (Å²) in [6.45, 7) is 2.14. The molecule has 2 rings (SSSR count). The molecule has 0 atom stereocenters. The van der Waals surface area contributed by atoms with Crippen LogP contribution in [0.4, 0.5) is 10.1 Å². The van der Waals surface area contributed by atoms with Crippen molar-refractivity contribution in [1.82, 2.24) is 4.72 Å². The van der Waals surface area contributed by atoms with Crippen LogP contribution in [0.1, 0.15) is 32.6 Å². The zero-order valence-corrected chi connectivity index (χ0v) is 12.8. The third kappa shape index (κ3) is 3.42. The van der Waals surface area contributed by atoms with Gasteiger partial charge in [0.1, 0.15) is 4.90 Å². The molecule has 0 unspecified atom stereocenters. The van der Waals surface area contributed by atoms with E-state index in [9.17, 15) is 12.8 Å². The predicted octanol–water partition coefficient (Wildman–Crippen LogP) is 2.92. The van der Waals surface area contributed by atoms with Crippen molar-refractivity contribution in [3.63, 3.8) is 0 Å². The molecule has 0 aliphatic heterocycles. The lowest BCUT2D eigenvalue weighted by Crippen LogP contribution is -2.37. The fourth-order valence-electron chi connectivity index (χ4n) is 2.44. The molecule has 1 saturated carbocycles. The van der Waals surface area contributed by atoms with Crippen LogP contribution in [-0.2, 0) is 10.0 Å². The fourth-order valence-corrected chi connectivity index (χ4v) is 4.16. The first-order valence-electron chi connectivity index (χ1n) is 6.56. The van der Waals surface area contributed by atoms with Crippen LogP contribution >= 0.6 is 11.6 Å². The van der Waals surface area contributed by atoms with E-state index in [1.54, 1.807) is 0 Å². The quantitative estimate of drug-likeness (QED) is 0.841. The molecule has 4 nitrogen and oxygen atoms in total. The molecule has 1 aromatic carbocycles. The normalized spacial score (nSPS) is 23.8. The van der Waals surface area contributed by atoms with Crippen LogP contribution in [0.2, 0.25) is 5.02 Å². The second-order valence-electron chi connectivity index (χ2n) is 5.39. The SMILES string of the molecule is CC1CCC(NS(=O)(=O)c2cc(N)cc(Cl)c2F)CC1. The summed E-state index contributed by atoms with van der Waals surface area (Å²) in [7, 11) is -3.94. The number of nitrogens with one attached hydrogen (secondary N) is 1. The molecule has 0 aromatic heterocycles. The van der Waals surface area contributed by atoms with E-state index in [0.29, 0.717) is 5.92 Å². The molecule has 112 valence electrons. The maximum atomic E-state index is 13.9. The molecular formula is C13H18ClFN2O2S. The predicted molar refractivity (Wildman–Crippen MR) is 77.6 cm³/mol. The number of hydrogen-bond acceptors (Lipinski definition) is 3. The fraction of sp³-hybridized carbons (Fsp3) is 0.538. The van der Waals surface area contributed by atoms with Crippen LogP contribution in [0.15, 0.2) is 17.0 Å². The first-order valence-corrected chi connectivity index (χ1v) is 8.42. The highest BCUT2D eigenvalue weighted by Gasteiger charge is 2.27. The Morgan fingerprint density at radius 2 is 1.90 bits per heavy atom. The van der Waals surface area contributed by atoms with Gasteiger partial charge >= 0.3 is 0 Å². The number of benzene rings is 1. The third-order valence-corrected chi connectivity index (χ3v) is 5.44. The second-order valence-corrected chi connectivity index (χ2v) is 7.48. The Hall–Kier alpha value is -0.850. The van der Waals surface area contributed by atoms with Crippen molar-refractivity contribution in [2.24, 2.45) is 5.92 Å². The Morgan fingerprint density at radius 3 is 2.50 bits per heavy atom. The minimum Gasteiger partial charge on any atom is -0.399 e. The number of rotatable bonds is 3. The molecule has 0 heterocycles. The topological polar surface area (TPSA) is 72.2 Å². The number of halogens is 2. The molecular weight excluding hydrogens is 303 g/mol. The van der Waals surface area contributed by atoms with Gasteiger partial charge in [0, 0.05) is 11.7 Å². The van der Waals surface area contributed by atoms with Gasteiger partial charge in [0.2, 0.25) is 10.0 Å². The summed E-state index contributed by atoms with van der Waals surface area (Å²) in [5.74, 6) is -0.355. The molecule has 1 aliphatic carbocycles. The van der Waals surface area contributed by atoms with Gasteiger partial charge in [0.15, 0.2) is 5.82 Å². The van der Waals surface area contributed by atoms with Crippen molar-refractivity contribution in [3.05, 3.63) is 23.0 Å². The van der Waals surface area contributed by atoms with E-state index in [1.165, 1.54) is 6.07 Å². The van der Waals surface area contributed by atoms with Gasteiger partial charge in [-0.25, -0.2) is 17.5 Å². The van der Waals surface area contributed by atoms with Gasteiger partial charge in [-0.05, 0) is 43.7 Å². The van der Waals surface area contributed by atoms with Crippen LogP contribution < -0.4 is 10.5 Å². The van der Waals surface area contributed by atoms with Crippen LogP contribution in [-0.4, -0.2) is 14.5 Å². The maximum absolute atomic E-state index is 13.9. The highest BCUT2D eigenvalue weighted by molar-refractivity contribution is 7.89. The molecule has 1 aliphatic rings. The van der Waals surface area contributed by atoms with Crippen molar-refractivity contribution in [1.29, 1.82) is 0 Å². The van der Waals surface area contributed by atoms with E-state index in [-0.39, 0.29) is 16.8 Å². The van der Waals surface area contributed by atoms with Gasteiger partial charge in [-0.1, -0.05) is 18.5 Å². The Labute approximate surface area is 123 Å². The van der Waals surface area contributed by atoms with Gasteiger partial charge in [0.25, 0.3) is 0 Å². The zero-order valence-electron chi connectivity index (χ0n) is 11.2. The molecule has 7 heteroatoms. The monoisotopic (exact) mass is 320 g/mol. The summed E-state index contributed by atoms with van der Waals surface area (Å²) in [6, 6.07) is 2.13. The minimum absolute atomic E-state index is 0.119. The molecule has 1 fully saturated rings. The average Bonchev–Trinajstić information content (AvgIpc) is 2.36. The Morgan fingerprint density at radius 1 is 1.30 bits per heavy atom. The van der Waals surface area contributed by atoms with Gasteiger partial charge in [-0.3, -0.25) is 0 Å². The van der Waals surface area contributed by atoms with E-state index < -0.39 is 20.7 Å². The first kappa shape index (κ1) is 15.5. The molecule has 0 bridgehead atoms. The maximum Gasteiger partial charge on any atom is 0.243 e. The van der Waals surface area contributed by atoms with Gasteiger partial charge in [-0.2, -0.15) is 0 Å². The number of nitrogen functional groups attached to an aromatic ring is 1. The smallest absolute Gasteiger partial charge is 0.243 e.